The zero-order chi connectivity index (χ0) is 12.4. The van der Waals surface area contributed by atoms with Gasteiger partial charge in [-0.1, -0.05) is 0 Å². The lowest BCUT2D eigenvalue weighted by Gasteiger charge is -2.13. The van der Waals surface area contributed by atoms with Crippen molar-refractivity contribution in [3.05, 3.63) is 35.0 Å². The molecular weight excluding hydrogens is 214 g/mol. The second kappa shape index (κ2) is 4.41. The van der Waals surface area contributed by atoms with Crippen LogP contribution in [0.2, 0.25) is 0 Å². The average Bonchev–Trinajstić information content (AvgIpc) is 2.31. The summed E-state index contributed by atoms with van der Waals surface area (Å²) >= 11 is 0. The Kier molecular flexibility index (Phi) is 2.95. The molecule has 0 aliphatic carbocycles. The van der Waals surface area contributed by atoms with E-state index in [0.717, 1.165) is 27.5 Å². The summed E-state index contributed by atoms with van der Waals surface area (Å²) in [5, 5.41) is 4.76. The molecule has 0 fully saturated rings. The van der Waals surface area contributed by atoms with Gasteiger partial charge in [-0.15, -0.1) is 0 Å². The molecule has 0 unspecified atom stereocenters. The highest BCUT2D eigenvalue weighted by Gasteiger charge is 2.09. The van der Waals surface area contributed by atoms with Crippen LogP contribution < -0.4 is 11.1 Å². The van der Waals surface area contributed by atoms with Gasteiger partial charge in [0.1, 0.15) is 5.82 Å². The summed E-state index contributed by atoms with van der Waals surface area (Å²) in [4.78, 5) is 14.5. The molecule has 0 saturated carbocycles. The van der Waals surface area contributed by atoms with Crippen molar-refractivity contribution in [3.8, 4) is 0 Å². The van der Waals surface area contributed by atoms with E-state index in [2.05, 4.69) is 10.3 Å². The topological polar surface area (TPSA) is 68.0 Å². The number of carbonyl (C=O) groups is 1. The van der Waals surface area contributed by atoms with E-state index < -0.39 is 0 Å². The first-order chi connectivity index (χ1) is 8.15. The van der Waals surface area contributed by atoms with Crippen LogP contribution in [0.1, 0.15) is 16.7 Å². The number of rotatable bonds is 3. The van der Waals surface area contributed by atoms with Gasteiger partial charge in [0.15, 0.2) is 0 Å². The largest absolute Gasteiger partial charge is 0.383 e. The second-order valence-electron chi connectivity index (χ2n) is 4.09. The molecule has 0 radical (unpaired) electrons. The van der Waals surface area contributed by atoms with Crippen molar-refractivity contribution in [2.45, 2.75) is 20.4 Å². The maximum Gasteiger partial charge on any atom is 0.207 e. The lowest BCUT2D eigenvalue weighted by molar-refractivity contribution is -0.109. The number of anilines is 1. The van der Waals surface area contributed by atoms with Crippen LogP contribution in [0.5, 0.6) is 0 Å². The third-order valence-corrected chi connectivity index (χ3v) is 3.08. The molecule has 88 valence electrons. The molecule has 0 aliphatic rings. The molecule has 0 saturated heterocycles. The molecule has 0 atom stereocenters. The highest BCUT2D eigenvalue weighted by atomic mass is 16.1. The molecule has 1 heterocycles. The van der Waals surface area contributed by atoms with Crippen LogP contribution in [0, 0.1) is 13.8 Å². The number of carbonyl (C=O) groups excluding carboxylic acids is 1. The van der Waals surface area contributed by atoms with E-state index in [0.29, 0.717) is 18.8 Å². The molecule has 3 N–H and O–H groups in total. The van der Waals surface area contributed by atoms with Crippen molar-refractivity contribution in [2.75, 3.05) is 5.73 Å². The zero-order valence-corrected chi connectivity index (χ0v) is 9.95. The number of nitrogen functional groups attached to an aromatic ring is 1. The molecule has 0 bridgehead atoms. The minimum Gasteiger partial charge on any atom is -0.383 e. The standard InChI is InChI=1S/C13H15N3O/c1-8-5-11-10(3-4-16-13(11)14)9(2)12(8)6-15-7-17/h3-5,7H,6H2,1-2H3,(H2,14,16)(H,15,17). The summed E-state index contributed by atoms with van der Waals surface area (Å²) in [5.74, 6) is 0.545. The van der Waals surface area contributed by atoms with Crippen molar-refractivity contribution in [1.82, 2.24) is 10.3 Å². The Labute approximate surface area is 99.8 Å². The monoisotopic (exact) mass is 229 g/mol. The van der Waals surface area contributed by atoms with Crippen LogP contribution in [-0.4, -0.2) is 11.4 Å². The molecule has 1 amide bonds. The van der Waals surface area contributed by atoms with Gasteiger partial charge in [0, 0.05) is 18.1 Å². The van der Waals surface area contributed by atoms with Gasteiger partial charge in [-0.3, -0.25) is 4.79 Å². The third kappa shape index (κ3) is 1.93. The van der Waals surface area contributed by atoms with Crippen molar-refractivity contribution >= 4 is 23.0 Å². The van der Waals surface area contributed by atoms with Crippen molar-refractivity contribution < 1.29 is 4.79 Å². The van der Waals surface area contributed by atoms with Crippen LogP contribution in [0.15, 0.2) is 18.3 Å². The summed E-state index contributed by atoms with van der Waals surface area (Å²) < 4.78 is 0. The van der Waals surface area contributed by atoms with Crippen LogP contribution in [0.4, 0.5) is 5.82 Å². The second-order valence-corrected chi connectivity index (χ2v) is 4.09. The van der Waals surface area contributed by atoms with Gasteiger partial charge in [-0.25, -0.2) is 4.98 Å². The minimum absolute atomic E-state index is 0.541. The Balaban J connectivity index is 2.67. The number of fused-ring (bicyclic) bond motifs is 1. The van der Waals surface area contributed by atoms with E-state index >= 15 is 0 Å². The number of pyridine rings is 1. The van der Waals surface area contributed by atoms with Gasteiger partial charge in [0.05, 0.1) is 0 Å². The quantitative estimate of drug-likeness (QED) is 0.787. The van der Waals surface area contributed by atoms with E-state index in [4.69, 9.17) is 5.73 Å². The number of benzene rings is 1. The van der Waals surface area contributed by atoms with E-state index in [1.807, 2.05) is 26.0 Å². The number of aryl methyl sites for hydroxylation is 2. The third-order valence-electron chi connectivity index (χ3n) is 3.08. The Hall–Kier alpha value is -2.10. The Morgan fingerprint density at radius 3 is 2.88 bits per heavy atom. The maximum absolute atomic E-state index is 10.4. The molecule has 1 aromatic heterocycles. The summed E-state index contributed by atoms with van der Waals surface area (Å²) in [6.07, 6.45) is 2.42. The van der Waals surface area contributed by atoms with Gasteiger partial charge in [-0.2, -0.15) is 0 Å². The number of nitrogens with zero attached hydrogens (tertiary/aromatic N) is 1. The van der Waals surface area contributed by atoms with E-state index in [-0.39, 0.29) is 0 Å². The number of hydrogen-bond donors (Lipinski definition) is 2. The fourth-order valence-electron chi connectivity index (χ4n) is 2.15. The molecule has 2 rings (SSSR count). The summed E-state index contributed by atoms with van der Waals surface area (Å²) in [6, 6.07) is 3.97. The van der Waals surface area contributed by atoms with Gasteiger partial charge >= 0.3 is 0 Å². The first kappa shape index (κ1) is 11.4. The number of amides is 1. The molecule has 4 nitrogen and oxygen atoms in total. The van der Waals surface area contributed by atoms with Crippen LogP contribution in [0.25, 0.3) is 10.8 Å². The predicted octanol–water partition coefficient (Wildman–Crippen LogP) is 1.68. The highest BCUT2D eigenvalue weighted by Crippen LogP contribution is 2.27. The Morgan fingerprint density at radius 2 is 2.18 bits per heavy atom. The fraction of sp³-hybridized carbons (Fsp3) is 0.231. The maximum atomic E-state index is 10.4. The predicted molar refractivity (Wildman–Crippen MR) is 68.5 cm³/mol. The smallest absolute Gasteiger partial charge is 0.207 e. The molecule has 4 heteroatoms. The zero-order valence-electron chi connectivity index (χ0n) is 9.95. The Bertz CT molecular complexity index is 578. The van der Waals surface area contributed by atoms with E-state index in [1.165, 1.54) is 0 Å². The van der Waals surface area contributed by atoms with E-state index in [9.17, 15) is 4.79 Å². The van der Waals surface area contributed by atoms with Gasteiger partial charge in [-0.05, 0) is 48.1 Å². The van der Waals surface area contributed by atoms with Crippen molar-refractivity contribution in [1.29, 1.82) is 0 Å². The normalized spacial score (nSPS) is 10.5. The van der Waals surface area contributed by atoms with Gasteiger partial charge < -0.3 is 11.1 Å². The summed E-state index contributed by atoms with van der Waals surface area (Å²) in [6.45, 7) is 4.59. The van der Waals surface area contributed by atoms with Gasteiger partial charge in [0.25, 0.3) is 0 Å². The molecular formula is C13H15N3O. The molecule has 17 heavy (non-hydrogen) atoms. The SMILES string of the molecule is Cc1cc2c(N)nccc2c(C)c1CNC=O. The Morgan fingerprint density at radius 1 is 1.41 bits per heavy atom. The average molecular weight is 229 g/mol. The highest BCUT2D eigenvalue weighted by molar-refractivity contribution is 5.94. The van der Waals surface area contributed by atoms with Crippen LogP contribution >= 0.6 is 0 Å². The first-order valence-electron chi connectivity index (χ1n) is 5.45. The van der Waals surface area contributed by atoms with Crippen molar-refractivity contribution in [3.63, 3.8) is 0 Å². The number of hydrogen-bond acceptors (Lipinski definition) is 3. The summed E-state index contributed by atoms with van der Waals surface area (Å²) in [7, 11) is 0. The number of nitrogens with one attached hydrogen (secondary N) is 1. The van der Waals surface area contributed by atoms with E-state index in [1.54, 1.807) is 6.20 Å². The fourth-order valence-corrected chi connectivity index (χ4v) is 2.15. The van der Waals surface area contributed by atoms with Gasteiger partial charge in [0.2, 0.25) is 6.41 Å². The molecule has 1 aromatic carbocycles. The number of aromatic nitrogens is 1. The van der Waals surface area contributed by atoms with Crippen LogP contribution in [0.3, 0.4) is 0 Å². The molecule has 2 aromatic rings. The number of nitrogens with two attached hydrogens (primary N) is 1. The first-order valence-corrected chi connectivity index (χ1v) is 5.45. The lowest BCUT2D eigenvalue weighted by atomic mass is 9.96. The lowest BCUT2D eigenvalue weighted by Crippen LogP contribution is -2.12. The molecule has 0 spiro atoms. The molecule has 0 aliphatic heterocycles. The minimum atomic E-state index is 0.541. The van der Waals surface area contributed by atoms with Crippen LogP contribution in [-0.2, 0) is 11.3 Å². The van der Waals surface area contributed by atoms with Crippen molar-refractivity contribution in [2.24, 2.45) is 0 Å². The summed E-state index contributed by atoms with van der Waals surface area (Å²) in [5.41, 5.74) is 9.25.